The summed E-state index contributed by atoms with van der Waals surface area (Å²) in [6, 6.07) is -0.501. The molecule has 0 aliphatic carbocycles. The van der Waals surface area contributed by atoms with Crippen molar-refractivity contribution in [1.82, 2.24) is 5.32 Å². The number of carboxylic acids is 1. The van der Waals surface area contributed by atoms with Gasteiger partial charge in [-0.3, -0.25) is 4.79 Å². The highest BCUT2D eigenvalue weighted by Crippen LogP contribution is 1.91. The molecule has 2 N–H and O–H groups in total. The molecule has 0 aromatic carbocycles. The molecule has 0 radical (unpaired) electrons. The van der Waals surface area contributed by atoms with Gasteiger partial charge < -0.3 is 15.2 Å². The lowest BCUT2D eigenvalue weighted by Gasteiger charge is -2.19. The van der Waals surface area contributed by atoms with E-state index in [-0.39, 0.29) is 19.0 Å². The van der Waals surface area contributed by atoms with Crippen LogP contribution in [0.15, 0.2) is 0 Å². The lowest BCUT2D eigenvalue weighted by Crippen LogP contribution is -2.46. The quantitative estimate of drug-likeness (QED) is 0.552. The standard InChI is InChI=1S/C5H9NO3.ClH/c7-5(8)4-3-9-2-1-6-4;/h4,6H,1-3H2,(H,7,8);1H/t4-;/m0./s1. The molecule has 1 heterocycles. The maximum atomic E-state index is 10.2. The Morgan fingerprint density at radius 3 is 2.70 bits per heavy atom. The van der Waals surface area contributed by atoms with E-state index in [1.165, 1.54) is 0 Å². The summed E-state index contributed by atoms with van der Waals surface area (Å²) in [6.45, 7) is 1.54. The minimum Gasteiger partial charge on any atom is -0.480 e. The second-order valence-electron chi connectivity index (χ2n) is 1.92. The zero-order valence-electron chi connectivity index (χ0n) is 5.37. The number of ether oxygens (including phenoxy) is 1. The number of aliphatic carboxylic acids is 1. The van der Waals surface area contributed by atoms with Crippen molar-refractivity contribution in [2.75, 3.05) is 19.8 Å². The highest BCUT2D eigenvalue weighted by atomic mass is 35.5. The number of carboxylic acid groups (broad SMARTS) is 1. The van der Waals surface area contributed by atoms with Crippen molar-refractivity contribution in [1.29, 1.82) is 0 Å². The molecule has 1 fully saturated rings. The molecule has 1 rings (SSSR count). The molecule has 0 spiro atoms. The maximum Gasteiger partial charge on any atom is 0.323 e. The number of hydrogen-bond donors (Lipinski definition) is 2. The Kier molecular flexibility index (Phi) is 4.34. The van der Waals surface area contributed by atoms with Crippen LogP contribution in [0.2, 0.25) is 0 Å². The van der Waals surface area contributed by atoms with Gasteiger partial charge in [-0.2, -0.15) is 0 Å². The van der Waals surface area contributed by atoms with E-state index in [2.05, 4.69) is 5.32 Å². The average Bonchev–Trinajstić information content (AvgIpc) is 1.90. The molecule has 10 heavy (non-hydrogen) atoms. The van der Waals surface area contributed by atoms with E-state index in [0.29, 0.717) is 13.2 Å². The van der Waals surface area contributed by atoms with E-state index in [1.54, 1.807) is 0 Å². The third kappa shape index (κ3) is 2.51. The van der Waals surface area contributed by atoms with Gasteiger partial charge in [0.2, 0.25) is 0 Å². The van der Waals surface area contributed by atoms with Crippen LogP contribution in [0, 0.1) is 0 Å². The van der Waals surface area contributed by atoms with Crippen LogP contribution in [0.5, 0.6) is 0 Å². The summed E-state index contributed by atoms with van der Waals surface area (Å²) in [5, 5.41) is 11.2. The van der Waals surface area contributed by atoms with Crippen LogP contribution >= 0.6 is 12.4 Å². The molecule has 1 aliphatic heterocycles. The van der Waals surface area contributed by atoms with Crippen LogP contribution in [-0.2, 0) is 9.53 Å². The number of carbonyl (C=O) groups is 1. The predicted molar refractivity (Wildman–Crippen MR) is 37.5 cm³/mol. The Balaban J connectivity index is 0.000000810. The smallest absolute Gasteiger partial charge is 0.323 e. The van der Waals surface area contributed by atoms with Gasteiger partial charge in [-0.1, -0.05) is 0 Å². The van der Waals surface area contributed by atoms with E-state index in [4.69, 9.17) is 9.84 Å². The zero-order chi connectivity index (χ0) is 6.69. The van der Waals surface area contributed by atoms with Crippen molar-refractivity contribution in [3.05, 3.63) is 0 Å². The first-order valence-corrected chi connectivity index (χ1v) is 2.84. The van der Waals surface area contributed by atoms with Crippen molar-refractivity contribution in [3.63, 3.8) is 0 Å². The fourth-order valence-corrected chi connectivity index (χ4v) is 0.724. The van der Waals surface area contributed by atoms with Gasteiger partial charge in [0, 0.05) is 6.54 Å². The fraction of sp³-hybridized carbons (Fsp3) is 0.800. The summed E-state index contributed by atoms with van der Waals surface area (Å²) in [4.78, 5) is 10.2. The number of morpholine rings is 1. The van der Waals surface area contributed by atoms with E-state index in [0.717, 1.165) is 0 Å². The van der Waals surface area contributed by atoms with E-state index < -0.39 is 12.0 Å². The second kappa shape index (κ2) is 4.49. The first-order chi connectivity index (χ1) is 4.30. The predicted octanol–water partition coefficient (Wildman–Crippen LogP) is -0.519. The van der Waals surface area contributed by atoms with Gasteiger partial charge in [-0.25, -0.2) is 0 Å². The van der Waals surface area contributed by atoms with Gasteiger partial charge in [0.05, 0.1) is 13.2 Å². The van der Waals surface area contributed by atoms with E-state index >= 15 is 0 Å². The third-order valence-corrected chi connectivity index (χ3v) is 1.22. The van der Waals surface area contributed by atoms with Crippen LogP contribution in [0.3, 0.4) is 0 Å². The Morgan fingerprint density at radius 1 is 1.70 bits per heavy atom. The molecule has 0 unspecified atom stereocenters. The molecule has 0 aromatic rings. The Bertz CT molecular complexity index is 113. The lowest BCUT2D eigenvalue weighted by molar-refractivity contribution is -0.142. The summed E-state index contributed by atoms with van der Waals surface area (Å²) in [5.74, 6) is -0.838. The topological polar surface area (TPSA) is 58.6 Å². The first-order valence-electron chi connectivity index (χ1n) is 2.84. The summed E-state index contributed by atoms with van der Waals surface area (Å²) in [5.41, 5.74) is 0. The van der Waals surface area contributed by atoms with Crippen molar-refractivity contribution in [3.8, 4) is 0 Å². The lowest BCUT2D eigenvalue weighted by atomic mass is 10.3. The Labute approximate surface area is 65.0 Å². The first kappa shape index (κ1) is 9.68. The van der Waals surface area contributed by atoms with E-state index in [9.17, 15) is 4.79 Å². The minimum absolute atomic E-state index is 0. The van der Waals surface area contributed by atoms with Crippen LogP contribution < -0.4 is 5.32 Å². The fourth-order valence-electron chi connectivity index (χ4n) is 0.724. The van der Waals surface area contributed by atoms with Gasteiger partial charge in [0.1, 0.15) is 6.04 Å². The molecule has 5 heteroatoms. The molecule has 1 saturated heterocycles. The number of rotatable bonds is 1. The number of nitrogens with one attached hydrogen (secondary N) is 1. The third-order valence-electron chi connectivity index (χ3n) is 1.22. The van der Waals surface area contributed by atoms with Crippen molar-refractivity contribution in [2.45, 2.75) is 6.04 Å². The molecule has 4 nitrogen and oxygen atoms in total. The number of hydrogen-bond acceptors (Lipinski definition) is 3. The van der Waals surface area contributed by atoms with Crippen molar-refractivity contribution < 1.29 is 14.6 Å². The maximum absolute atomic E-state index is 10.2. The monoisotopic (exact) mass is 167 g/mol. The van der Waals surface area contributed by atoms with Gasteiger partial charge in [-0.05, 0) is 0 Å². The van der Waals surface area contributed by atoms with Gasteiger partial charge in [-0.15, -0.1) is 12.4 Å². The van der Waals surface area contributed by atoms with Gasteiger partial charge >= 0.3 is 5.97 Å². The van der Waals surface area contributed by atoms with Crippen LogP contribution in [0.4, 0.5) is 0 Å². The zero-order valence-corrected chi connectivity index (χ0v) is 6.19. The Morgan fingerprint density at radius 2 is 2.40 bits per heavy atom. The number of halogens is 1. The van der Waals surface area contributed by atoms with Crippen molar-refractivity contribution in [2.24, 2.45) is 0 Å². The SMILES string of the molecule is Cl.O=C(O)[C@@H]1COCCN1. The summed E-state index contributed by atoms with van der Waals surface area (Å²) in [6.07, 6.45) is 0. The summed E-state index contributed by atoms with van der Waals surface area (Å²) >= 11 is 0. The molecule has 60 valence electrons. The van der Waals surface area contributed by atoms with Crippen LogP contribution in [-0.4, -0.2) is 36.9 Å². The summed E-state index contributed by atoms with van der Waals surface area (Å²) < 4.78 is 4.90. The second-order valence-corrected chi connectivity index (χ2v) is 1.92. The summed E-state index contributed by atoms with van der Waals surface area (Å²) in [7, 11) is 0. The van der Waals surface area contributed by atoms with Crippen molar-refractivity contribution >= 4 is 18.4 Å². The van der Waals surface area contributed by atoms with Crippen LogP contribution in [0.25, 0.3) is 0 Å². The molecule has 1 aliphatic rings. The molecule has 1 atom stereocenters. The minimum atomic E-state index is -0.838. The Hall–Kier alpha value is -0.320. The molecular formula is C5H10ClNO3. The highest BCUT2D eigenvalue weighted by Gasteiger charge is 2.19. The van der Waals surface area contributed by atoms with Gasteiger partial charge in [0.15, 0.2) is 0 Å². The molecule has 0 amide bonds. The van der Waals surface area contributed by atoms with Crippen LogP contribution in [0.1, 0.15) is 0 Å². The van der Waals surface area contributed by atoms with Gasteiger partial charge in [0.25, 0.3) is 0 Å². The largest absolute Gasteiger partial charge is 0.480 e. The average molecular weight is 168 g/mol. The molecule has 0 bridgehead atoms. The van der Waals surface area contributed by atoms with E-state index in [1.807, 2.05) is 0 Å². The molecule has 0 saturated carbocycles. The highest BCUT2D eigenvalue weighted by molar-refractivity contribution is 5.85. The normalized spacial score (nSPS) is 25.0. The molecular weight excluding hydrogens is 158 g/mol. The molecule has 0 aromatic heterocycles.